The molecule has 0 atom stereocenters. The average molecular weight is 152 g/mol. The van der Waals surface area contributed by atoms with Crippen LogP contribution in [-0.2, 0) is 0 Å². The van der Waals surface area contributed by atoms with Crippen LogP contribution in [0.5, 0.6) is 0 Å². The fourth-order valence-corrected chi connectivity index (χ4v) is 1.71. The zero-order valence-corrected chi connectivity index (χ0v) is 7.84. The van der Waals surface area contributed by atoms with E-state index in [9.17, 15) is 0 Å². The summed E-state index contributed by atoms with van der Waals surface area (Å²) in [5, 5.41) is 0. The minimum Gasteiger partial charge on any atom is -0.0857 e. The smallest absolute Gasteiger partial charge is 0.0233 e. The van der Waals surface area contributed by atoms with Crippen LogP contribution in [0.1, 0.15) is 46.0 Å². The fourth-order valence-electron chi connectivity index (χ4n) is 1.71. The number of rotatable bonds is 2. The van der Waals surface area contributed by atoms with E-state index in [1.54, 1.807) is 0 Å². The Hall–Kier alpha value is -0.260. The van der Waals surface area contributed by atoms with Gasteiger partial charge >= 0.3 is 0 Å². The maximum Gasteiger partial charge on any atom is -0.0233 e. The van der Waals surface area contributed by atoms with Crippen LogP contribution in [0.2, 0.25) is 0 Å². The normalized spacial score (nSPS) is 21.7. The third kappa shape index (κ3) is 3.60. The number of hydrogen-bond donors (Lipinski definition) is 0. The van der Waals surface area contributed by atoms with Crippen molar-refractivity contribution in [2.45, 2.75) is 46.0 Å². The Bertz CT molecular complexity index is 116. The molecule has 0 unspecified atom stereocenters. The summed E-state index contributed by atoms with van der Waals surface area (Å²) in [5.74, 6) is 1.64. The molecule has 0 heteroatoms. The molecule has 0 heterocycles. The van der Waals surface area contributed by atoms with Gasteiger partial charge in [-0.25, -0.2) is 0 Å². The topological polar surface area (TPSA) is 0 Å². The zero-order valence-electron chi connectivity index (χ0n) is 7.84. The van der Waals surface area contributed by atoms with Gasteiger partial charge in [0.1, 0.15) is 0 Å². The maximum absolute atomic E-state index is 2.43. The molecule has 0 bridgehead atoms. The highest BCUT2D eigenvalue weighted by atomic mass is 14.1. The molecule has 0 aromatic rings. The van der Waals surface area contributed by atoms with Crippen molar-refractivity contribution in [1.29, 1.82) is 0 Å². The van der Waals surface area contributed by atoms with Gasteiger partial charge in [-0.2, -0.15) is 0 Å². The van der Waals surface area contributed by atoms with Crippen molar-refractivity contribution in [1.82, 2.24) is 0 Å². The van der Waals surface area contributed by atoms with Crippen molar-refractivity contribution in [2.75, 3.05) is 0 Å². The van der Waals surface area contributed by atoms with Crippen molar-refractivity contribution < 1.29 is 0 Å². The lowest BCUT2D eigenvalue weighted by Crippen LogP contribution is -2.02. The van der Waals surface area contributed by atoms with Gasteiger partial charge in [-0.1, -0.05) is 45.3 Å². The van der Waals surface area contributed by atoms with Crippen LogP contribution in [0.15, 0.2) is 12.2 Å². The first-order valence-corrected chi connectivity index (χ1v) is 4.97. The first kappa shape index (κ1) is 8.83. The van der Waals surface area contributed by atoms with Crippen molar-refractivity contribution in [2.24, 2.45) is 11.8 Å². The molecule has 0 aromatic carbocycles. The maximum atomic E-state index is 2.43. The van der Waals surface area contributed by atoms with Crippen molar-refractivity contribution in [3.05, 3.63) is 12.2 Å². The summed E-state index contributed by atoms with van der Waals surface area (Å²) in [5.41, 5.74) is 0. The Balaban J connectivity index is 2.23. The second-order valence-electron chi connectivity index (χ2n) is 4.03. The molecule has 0 N–H and O–H groups in total. The summed E-state index contributed by atoms with van der Waals surface area (Å²) in [7, 11) is 0. The van der Waals surface area contributed by atoms with Gasteiger partial charge in [-0.15, -0.1) is 0 Å². The first-order chi connectivity index (χ1) is 5.29. The molecule has 0 aromatic heterocycles. The van der Waals surface area contributed by atoms with Gasteiger partial charge in [0.05, 0.1) is 0 Å². The van der Waals surface area contributed by atoms with E-state index in [-0.39, 0.29) is 0 Å². The Morgan fingerprint density at radius 2 is 1.73 bits per heavy atom. The Labute approximate surface area is 70.7 Å². The standard InChI is InChI=1S/C11H20/c1-10(2)8-9-11-6-4-3-5-7-11/h8-11H,3-7H2,1-2H3/b9-8+. The molecule has 1 fully saturated rings. The van der Waals surface area contributed by atoms with Crippen LogP contribution in [-0.4, -0.2) is 0 Å². The van der Waals surface area contributed by atoms with Crippen molar-refractivity contribution in [3.63, 3.8) is 0 Å². The van der Waals surface area contributed by atoms with Gasteiger partial charge in [0.15, 0.2) is 0 Å². The molecule has 1 saturated carbocycles. The zero-order chi connectivity index (χ0) is 8.10. The summed E-state index contributed by atoms with van der Waals surface area (Å²) in [6.07, 6.45) is 12.0. The molecule has 0 radical (unpaired) electrons. The largest absolute Gasteiger partial charge is 0.0857 e. The van der Waals surface area contributed by atoms with Gasteiger partial charge in [0.2, 0.25) is 0 Å². The highest BCUT2D eigenvalue weighted by Crippen LogP contribution is 2.24. The highest BCUT2D eigenvalue weighted by Gasteiger charge is 2.09. The predicted octanol–water partition coefficient (Wildman–Crippen LogP) is 3.78. The lowest BCUT2D eigenvalue weighted by Gasteiger charge is -2.17. The lowest BCUT2D eigenvalue weighted by molar-refractivity contribution is 0.418. The average Bonchev–Trinajstić information content (AvgIpc) is 2.03. The molecule has 1 rings (SSSR count). The second-order valence-corrected chi connectivity index (χ2v) is 4.03. The molecule has 64 valence electrons. The van der Waals surface area contributed by atoms with Crippen LogP contribution in [0, 0.1) is 11.8 Å². The predicted molar refractivity (Wildman–Crippen MR) is 50.6 cm³/mol. The van der Waals surface area contributed by atoms with Crippen molar-refractivity contribution >= 4 is 0 Å². The minimum atomic E-state index is 0.733. The van der Waals surface area contributed by atoms with Crippen LogP contribution in [0.25, 0.3) is 0 Å². The Morgan fingerprint density at radius 3 is 2.27 bits per heavy atom. The van der Waals surface area contributed by atoms with E-state index in [4.69, 9.17) is 0 Å². The third-order valence-corrected chi connectivity index (χ3v) is 2.42. The Kier molecular flexibility index (Phi) is 3.68. The molecular formula is C11H20. The molecule has 11 heavy (non-hydrogen) atoms. The molecule has 1 aliphatic rings. The van der Waals surface area contributed by atoms with Crippen LogP contribution in [0.3, 0.4) is 0 Å². The lowest BCUT2D eigenvalue weighted by atomic mass is 9.88. The minimum absolute atomic E-state index is 0.733. The van der Waals surface area contributed by atoms with E-state index in [1.165, 1.54) is 32.1 Å². The SMILES string of the molecule is CC(C)/C=C/C1CCCCC1. The van der Waals surface area contributed by atoms with Gasteiger partial charge < -0.3 is 0 Å². The van der Waals surface area contributed by atoms with E-state index >= 15 is 0 Å². The van der Waals surface area contributed by atoms with Crippen LogP contribution in [0.4, 0.5) is 0 Å². The third-order valence-electron chi connectivity index (χ3n) is 2.42. The van der Waals surface area contributed by atoms with Crippen LogP contribution < -0.4 is 0 Å². The van der Waals surface area contributed by atoms with Crippen LogP contribution >= 0.6 is 0 Å². The van der Waals surface area contributed by atoms with E-state index in [0.717, 1.165) is 11.8 Å². The first-order valence-electron chi connectivity index (χ1n) is 4.97. The molecule has 0 spiro atoms. The molecular weight excluding hydrogens is 132 g/mol. The second kappa shape index (κ2) is 4.58. The summed E-state index contributed by atoms with van der Waals surface area (Å²) >= 11 is 0. The number of hydrogen-bond acceptors (Lipinski definition) is 0. The molecule has 0 aliphatic heterocycles. The monoisotopic (exact) mass is 152 g/mol. The summed E-state index contributed by atoms with van der Waals surface area (Å²) in [6.45, 7) is 4.50. The molecule has 0 nitrogen and oxygen atoms in total. The number of allylic oxidation sites excluding steroid dienone is 2. The van der Waals surface area contributed by atoms with E-state index in [2.05, 4.69) is 26.0 Å². The quantitative estimate of drug-likeness (QED) is 0.528. The van der Waals surface area contributed by atoms with Crippen molar-refractivity contribution in [3.8, 4) is 0 Å². The van der Waals surface area contributed by atoms with Gasteiger partial charge in [0, 0.05) is 0 Å². The summed E-state index contributed by atoms with van der Waals surface area (Å²) < 4.78 is 0. The molecule has 1 aliphatic carbocycles. The van der Waals surface area contributed by atoms with E-state index < -0.39 is 0 Å². The summed E-state index contributed by atoms with van der Waals surface area (Å²) in [6, 6.07) is 0. The van der Waals surface area contributed by atoms with Gasteiger partial charge in [-0.05, 0) is 24.7 Å². The molecule has 0 amide bonds. The Morgan fingerprint density at radius 1 is 1.09 bits per heavy atom. The summed E-state index contributed by atoms with van der Waals surface area (Å²) in [4.78, 5) is 0. The highest BCUT2D eigenvalue weighted by molar-refractivity contribution is 4.91. The fraction of sp³-hybridized carbons (Fsp3) is 0.818. The van der Waals surface area contributed by atoms with E-state index in [0.29, 0.717) is 0 Å². The van der Waals surface area contributed by atoms with Gasteiger partial charge in [-0.3, -0.25) is 0 Å². The molecule has 0 saturated heterocycles. The van der Waals surface area contributed by atoms with Gasteiger partial charge in [0.25, 0.3) is 0 Å². The van der Waals surface area contributed by atoms with E-state index in [1.807, 2.05) is 0 Å².